The molecule has 0 aliphatic rings. The van der Waals surface area contributed by atoms with Gasteiger partial charge in [-0.1, -0.05) is 32.0 Å². The Bertz CT molecular complexity index is 1230. The summed E-state index contributed by atoms with van der Waals surface area (Å²) < 4.78 is 97.8. The van der Waals surface area contributed by atoms with Gasteiger partial charge >= 0.3 is 12.4 Å². The van der Waals surface area contributed by atoms with Crippen molar-refractivity contribution in [3.05, 3.63) is 83.2 Å². The molecule has 0 amide bonds. The average molecular weight is 512 g/mol. The largest absolute Gasteiger partial charge is 0.457 e. The van der Waals surface area contributed by atoms with Crippen molar-refractivity contribution in [2.24, 2.45) is 5.92 Å². The summed E-state index contributed by atoms with van der Waals surface area (Å²) in [4.78, 5) is 12.4. The second kappa shape index (κ2) is 10.3. The van der Waals surface area contributed by atoms with Gasteiger partial charge in [0.1, 0.15) is 23.1 Å². The van der Waals surface area contributed by atoms with Crippen molar-refractivity contribution in [2.45, 2.75) is 45.5 Å². The fourth-order valence-electron chi connectivity index (χ4n) is 3.83. The standard InChI is InChI=1S/C27H23F7O2/c1-15(2)8-25(16(3)35)19-9-18(17-4-6-20(7-5-17)26(29,30)31)10-23(11-19)36-24-13-21(27(32,33)34)12-22(28)14-24/h4-7,9-15,25H,8H2,1-3H3. The molecule has 192 valence electrons. The molecule has 0 aromatic heterocycles. The summed E-state index contributed by atoms with van der Waals surface area (Å²) >= 11 is 0. The molecule has 0 radical (unpaired) electrons. The van der Waals surface area contributed by atoms with Crippen LogP contribution in [0, 0.1) is 11.7 Å². The summed E-state index contributed by atoms with van der Waals surface area (Å²) in [6, 6.07) is 10.6. The number of benzene rings is 3. The second-order valence-corrected chi connectivity index (χ2v) is 8.93. The van der Waals surface area contributed by atoms with E-state index in [-0.39, 0.29) is 17.5 Å². The van der Waals surface area contributed by atoms with Crippen molar-refractivity contribution < 1.29 is 40.3 Å². The zero-order valence-electron chi connectivity index (χ0n) is 19.6. The summed E-state index contributed by atoms with van der Waals surface area (Å²) in [6.45, 7) is 5.23. The Balaban J connectivity index is 2.11. The summed E-state index contributed by atoms with van der Waals surface area (Å²) in [5.41, 5.74) is -0.843. The van der Waals surface area contributed by atoms with E-state index < -0.39 is 41.0 Å². The fraction of sp³-hybridized carbons (Fsp3) is 0.296. The van der Waals surface area contributed by atoms with E-state index in [2.05, 4.69) is 0 Å². The molecule has 3 rings (SSSR count). The Morgan fingerprint density at radius 1 is 0.778 bits per heavy atom. The van der Waals surface area contributed by atoms with Crippen LogP contribution in [-0.2, 0) is 17.1 Å². The zero-order chi connectivity index (χ0) is 26.8. The quantitative estimate of drug-likeness (QED) is 0.295. The SMILES string of the molecule is CC(=O)C(CC(C)C)c1cc(Oc2cc(F)cc(C(F)(F)F)c2)cc(-c2ccc(C(F)(F)F)cc2)c1. The maximum atomic E-state index is 13.9. The van der Waals surface area contributed by atoms with Gasteiger partial charge in [-0.25, -0.2) is 4.39 Å². The third-order valence-electron chi connectivity index (χ3n) is 5.51. The number of carbonyl (C=O) groups is 1. The summed E-state index contributed by atoms with van der Waals surface area (Å²) in [6.07, 6.45) is -8.87. The van der Waals surface area contributed by atoms with Gasteiger partial charge in [0.05, 0.1) is 11.1 Å². The smallest absolute Gasteiger partial charge is 0.416 e. The van der Waals surface area contributed by atoms with Gasteiger partial charge in [-0.2, -0.15) is 26.3 Å². The van der Waals surface area contributed by atoms with E-state index in [0.717, 1.165) is 18.2 Å². The van der Waals surface area contributed by atoms with Gasteiger partial charge < -0.3 is 4.74 Å². The second-order valence-electron chi connectivity index (χ2n) is 8.93. The minimum Gasteiger partial charge on any atom is -0.457 e. The summed E-state index contributed by atoms with van der Waals surface area (Å²) in [5, 5.41) is 0. The lowest BCUT2D eigenvalue weighted by Crippen LogP contribution is -2.12. The molecule has 0 saturated carbocycles. The normalized spacial score (nSPS) is 13.1. The van der Waals surface area contributed by atoms with E-state index in [0.29, 0.717) is 35.2 Å². The van der Waals surface area contributed by atoms with Gasteiger partial charge in [-0.3, -0.25) is 4.79 Å². The van der Waals surface area contributed by atoms with Crippen LogP contribution in [0.3, 0.4) is 0 Å². The van der Waals surface area contributed by atoms with Crippen LogP contribution in [0.1, 0.15) is 49.8 Å². The first-order valence-electron chi connectivity index (χ1n) is 11.0. The molecule has 0 fully saturated rings. The molecule has 1 unspecified atom stereocenters. The molecule has 3 aromatic carbocycles. The van der Waals surface area contributed by atoms with E-state index in [1.165, 1.54) is 31.2 Å². The number of carbonyl (C=O) groups excluding carboxylic acids is 1. The van der Waals surface area contributed by atoms with Crippen LogP contribution in [0.15, 0.2) is 60.7 Å². The Morgan fingerprint density at radius 3 is 1.89 bits per heavy atom. The molecule has 0 spiro atoms. The third-order valence-corrected chi connectivity index (χ3v) is 5.51. The molecule has 0 N–H and O–H groups in total. The third kappa shape index (κ3) is 6.86. The highest BCUT2D eigenvalue weighted by atomic mass is 19.4. The van der Waals surface area contributed by atoms with E-state index in [9.17, 15) is 35.5 Å². The molecular weight excluding hydrogens is 489 g/mol. The van der Waals surface area contributed by atoms with Crippen molar-refractivity contribution >= 4 is 5.78 Å². The van der Waals surface area contributed by atoms with Crippen molar-refractivity contribution in [2.75, 3.05) is 0 Å². The number of hydrogen-bond donors (Lipinski definition) is 0. The Kier molecular flexibility index (Phi) is 7.81. The van der Waals surface area contributed by atoms with E-state index in [4.69, 9.17) is 4.74 Å². The lowest BCUT2D eigenvalue weighted by molar-refractivity contribution is -0.138. The maximum Gasteiger partial charge on any atom is 0.416 e. The number of Topliss-reactive ketones (excluding diaryl/α,β-unsaturated/α-hetero) is 1. The number of halogens is 7. The van der Waals surface area contributed by atoms with E-state index in [1.807, 2.05) is 13.8 Å². The maximum absolute atomic E-state index is 13.9. The minimum atomic E-state index is -4.80. The van der Waals surface area contributed by atoms with Gasteiger partial charge in [0.2, 0.25) is 0 Å². The van der Waals surface area contributed by atoms with Crippen molar-refractivity contribution in [1.29, 1.82) is 0 Å². The minimum absolute atomic E-state index is 0.0103. The van der Waals surface area contributed by atoms with Gasteiger partial charge in [0.15, 0.2) is 0 Å². The molecule has 2 nitrogen and oxygen atoms in total. The molecule has 0 aliphatic carbocycles. The molecule has 1 atom stereocenters. The molecule has 0 bridgehead atoms. The Labute approximate surface area is 203 Å². The fourth-order valence-corrected chi connectivity index (χ4v) is 3.83. The topological polar surface area (TPSA) is 26.3 Å². The Morgan fingerprint density at radius 2 is 1.36 bits per heavy atom. The highest BCUT2D eigenvalue weighted by Gasteiger charge is 2.32. The van der Waals surface area contributed by atoms with Gasteiger partial charge in [0, 0.05) is 12.0 Å². The van der Waals surface area contributed by atoms with Crippen molar-refractivity contribution in [1.82, 2.24) is 0 Å². The molecule has 36 heavy (non-hydrogen) atoms. The molecule has 0 aliphatic heterocycles. The highest BCUT2D eigenvalue weighted by molar-refractivity contribution is 5.84. The van der Waals surface area contributed by atoms with Crippen LogP contribution < -0.4 is 4.74 Å². The lowest BCUT2D eigenvalue weighted by atomic mass is 9.86. The van der Waals surface area contributed by atoms with Crippen LogP contribution in [0.4, 0.5) is 30.7 Å². The predicted octanol–water partition coefficient (Wildman–Crippen LogP) is 9.04. The molecule has 9 heteroatoms. The van der Waals surface area contributed by atoms with Gasteiger partial charge in [0.25, 0.3) is 0 Å². The average Bonchev–Trinajstić information content (AvgIpc) is 2.75. The first-order chi connectivity index (χ1) is 16.6. The van der Waals surface area contributed by atoms with E-state index in [1.54, 1.807) is 6.07 Å². The Hall–Kier alpha value is -3.36. The van der Waals surface area contributed by atoms with Crippen molar-refractivity contribution in [3.8, 4) is 22.6 Å². The molecule has 0 heterocycles. The van der Waals surface area contributed by atoms with Gasteiger partial charge in [-0.15, -0.1) is 0 Å². The van der Waals surface area contributed by atoms with Crippen LogP contribution >= 0.6 is 0 Å². The van der Waals surface area contributed by atoms with Crippen LogP contribution in [0.2, 0.25) is 0 Å². The number of ether oxygens (including phenoxy) is 1. The molecule has 3 aromatic rings. The number of alkyl halides is 6. The highest BCUT2D eigenvalue weighted by Crippen LogP contribution is 2.38. The van der Waals surface area contributed by atoms with Crippen LogP contribution in [0.25, 0.3) is 11.1 Å². The summed E-state index contributed by atoms with van der Waals surface area (Å²) in [7, 11) is 0. The van der Waals surface area contributed by atoms with E-state index >= 15 is 0 Å². The lowest BCUT2D eigenvalue weighted by Gasteiger charge is -2.19. The zero-order valence-corrected chi connectivity index (χ0v) is 19.6. The van der Waals surface area contributed by atoms with Crippen LogP contribution in [-0.4, -0.2) is 5.78 Å². The molecular formula is C27H23F7O2. The first-order valence-corrected chi connectivity index (χ1v) is 11.0. The first kappa shape index (κ1) is 27.2. The predicted molar refractivity (Wildman–Crippen MR) is 121 cm³/mol. The monoisotopic (exact) mass is 512 g/mol. The van der Waals surface area contributed by atoms with Gasteiger partial charge in [-0.05, 0) is 72.4 Å². The van der Waals surface area contributed by atoms with Crippen LogP contribution in [0.5, 0.6) is 11.5 Å². The van der Waals surface area contributed by atoms with Crippen molar-refractivity contribution in [3.63, 3.8) is 0 Å². The number of rotatable bonds is 7. The molecule has 0 saturated heterocycles. The summed E-state index contributed by atoms with van der Waals surface area (Å²) in [5.74, 6) is -2.18. The number of hydrogen-bond acceptors (Lipinski definition) is 2. The number of ketones is 1.